The van der Waals surface area contributed by atoms with Gasteiger partial charge < -0.3 is 24.1 Å². The average Bonchev–Trinajstić information content (AvgIpc) is 3.17. The van der Waals surface area contributed by atoms with Crippen molar-refractivity contribution in [1.29, 1.82) is 0 Å². The smallest absolute Gasteiger partial charge is 0.126 e. The Bertz CT molecular complexity index is 1790. The molecule has 8 bridgehead atoms. The van der Waals surface area contributed by atoms with Crippen molar-refractivity contribution in [3.8, 4) is 28.7 Å². The molecular weight excluding hydrogens is 683 g/mol. The number of unbranched alkanes of at least 4 members (excludes halogenated alkanes) is 2. The van der Waals surface area contributed by atoms with Crippen LogP contribution in [0.3, 0.4) is 0 Å². The van der Waals surface area contributed by atoms with Gasteiger partial charge in [0.15, 0.2) is 0 Å². The number of phenols is 1. The second-order valence-corrected chi connectivity index (χ2v) is 15.2. The minimum Gasteiger partial charge on any atom is -0.508 e. The number of para-hydroxylation sites is 2. The average molecular weight is 750 g/mol. The number of nitrogens with zero attached hydrogens (tertiary/aromatic N) is 1. The summed E-state index contributed by atoms with van der Waals surface area (Å²) in [6.07, 6.45) is 10.9. The Labute approximate surface area is 332 Å². The molecule has 0 aromatic heterocycles. The van der Waals surface area contributed by atoms with E-state index in [1.165, 1.54) is 36.8 Å². The maximum absolute atomic E-state index is 11.4. The topological polar surface area (TPSA) is 60.4 Å². The molecule has 298 valence electrons. The van der Waals surface area contributed by atoms with Crippen LogP contribution in [-0.2, 0) is 32.2 Å². The molecule has 1 N–H and O–H groups in total. The molecule has 0 amide bonds. The number of fused-ring (bicyclic) bond motifs is 8. The van der Waals surface area contributed by atoms with Gasteiger partial charge in [-0.3, -0.25) is 4.90 Å². The first-order valence-electron chi connectivity index (χ1n) is 21.4. The van der Waals surface area contributed by atoms with Crippen molar-refractivity contribution in [1.82, 2.24) is 4.90 Å². The summed E-state index contributed by atoms with van der Waals surface area (Å²) in [7, 11) is 0. The van der Waals surface area contributed by atoms with Gasteiger partial charge in [0.1, 0.15) is 28.7 Å². The summed E-state index contributed by atoms with van der Waals surface area (Å²) in [6.45, 7) is 18.7. The predicted octanol–water partition coefficient (Wildman–Crippen LogP) is 11.6. The van der Waals surface area contributed by atoms with Gasteiger partial charge in [-0.2, -0.15) is 0 Å². The largest absolute Gasteiger partial charge is 0.508 e. The fourth-order valence-corrected chi connectivity index (χ4v) is 7.68. The van der Waals surface area contributed by atoms with Crippen molar-refractivity contribution in [2.24, 2.45) is 0 Å². The summed E-state index contributed by atoms with van der Waals surface area (Å²) < 4.78 is 26.7. The highest BCUT2D eigenvalue weighted by molar-refractivity contribution is 5.58. The van der Waals surface area contributed by atoms with Gasteiger partial charge in [0, 0.05) is 43.4 Å². The summed E-state index contributed by atoms with van der Waals surface area (Å²) in [5.74, 6) is 3.91. The van der Waals surface area contributed by atoms with E-state index in [4.69, 9.17) is 18.9 Å². The van der Waals surface area contributed by atoms with Gasteiger partial charge in [-0.15, -0.1) is 0 Å². The van der Waals surface area contributed by atoms with Crippen LogP contribution in [0.25, 0.3) is 0 Å². The molecule has 0 unspecified atom stereocenters. The number of benzene rings is 4. The molecule has 0 atom stereocenters. The Morgan fingerprint density at radius 2 is 0.782 bits per heavy atom. The quantitative estimate of drug-likeness (QED) is 0.0855. The standard InChI is InChI=1S/C49H67NO5/c1-7-13-21-50(22-14-8-2)35-36-27-41-30-39-19-15-17-37(46(39)52-23-9-3)29-38-18-16-20-40(47(38)53-24-10-4)31-43-33-45(51)34-44(49(43)55-26-12-6)32-42(28-36)48(41)54-25-11-5/h15-20,27-28,33-34,51H,7-14,21-26,29-32,35H2,1-6H3. The summed E-state index contributed by atoms with van der Waals surface area (Å²) >= 11 is 0. The molecule has 0 radical (unpaired) electrons. The van der Waals surface area contributed by atoms with Crippen molar-refractivity contribution >= 4 is 0 Å². The summed E-state index contributed by atoms with van der Waals surface area (Å²) in [5.41, 5.74) is 10.0. The lowest BCUT2D eigenvalue weighted by molar-refractivity contribution is 0.256. The fourth-order valence-electron chi connectivity index (χ4n) is 7.68. The van der Waals surface area contributed by atoms with Gasteiger partial charge in [-0.1, -0.05) is 103 Å². The van der Waals surface area contributed by atoms with Crippen molar-refractivity contribution in [3.05, 3.63) is 111 Å². The summed E-state index contributed by atoms with van der Waals surface area (Å²) in [4.78, 5) is 2.62. The summed E-state index contributed by atoms with van der Waals surface area (Å²) in [6, 6.07) is 21.6. The molecular formula is C49H67NO5. The van der Waals surface area contributed by atoms with Gasteiger partial charge >= 0.3 is 0 Å². The Hall–Kier alpha value is -4.16. The molecule has 4 aromatic carbocycles. The van der Waals surface area contributed by atoms with E-state index in [0.717, 1.165) is 107 Å². The lowest BCUT2D eigenvalue weighted by atomic mass is 9.90. The summed E-state index contributed by atoms with van der Waals surface area (Å²) in [5, 5.41) is 11.4. The SMILES string of the molecule is CCCCN(CCCC)Cc1cc2c(OCCC)c(c1)Cc1cc(O)cc(c1OCCC)Cc1cccc(c1OCCC)Cc1cccc(c1OCCC)C2. The first kappa shape index (κ1) is 42.0. The maximum Gasteiger partial charge on any atom is 0.126 e. The zero-order valence-corrected chi connectivity index (χ0v) is 34.7. The van der Waals surface area contributed by atoms with E-state index >= 15 is 0 Å². The molecule has 0 spiro atoms. The highest BCUT2D eigenvalue weighted by Crippen LogP contribution is 2.41. The van der Waals surface area contributed by atoms with Gasteiger partial charge in [0.2, 0.25) is 0 Å². The third-order valence-corrected chi connectivity index (χ3v) is 10.3. The zero-order chi connectivity index (χ0) is 39.0. The number of aromatic hydroxyl groups is 1. The van der Waals surface area contributed by atoms with Crippen molar-refractivity contribution in [3.63, 3.8) is 0 Å². The fraction of sp³-hybridized carbons (Fsp3) is 0.510. The Balaban J connectivity index is 1.79. The van der Waals surface area contributed by atoms with Crippen LogP contribution in [0, 0.1) is 0 Å². The molecule has 1 aliphatic carbocycles. The van der Waals surface area contributed by atoms with Crippen molar-refractivity contribution in [2.45, 2.75) is 125 Å². The maximum atomic E-state index is 11.4. The third kappa shape index (κ3) is 11.4. The van der Waals surface area contributed by atoms with Crippen LogP contribution in [0.2, 0.25) is 0 Å². The molecule has 0 fully saturated rings. The van der Waals surface area contributed by atoms with Crippen LogP contribution in [0.1, 0.15) is 143 Å². The molecule has 0 saturated heterocycles. The molecule has 0 heterocycles. The van der Waals surface area contributed by atoms with Crippen molar-refractivity contribution in [2.75, 3.05) is 39.5 Å². The molecule has 4 aromatic rings. The van der Waals surface area contributed by atoms with Crippen LogP contribution in [-0.4, -0.2) is 49.5 Å². The first-order chi connectivity index (χ1) is 26.9. The Kier molecular flexibility index (Phi) is 16.6. The lowest BCUT2D eigenvalue weighted by Crippen LogP contribution is -2.25. The first-order valence-corrected chi connectivity index (χ1v) is 21.4. The van der Waals surface area contributed by atoms with Crippen molar-refractivity contribution < 1.29 is 24.1 Å². The molecule has 0 aliphatic heterocycles. The molecule has 5 rings (SSSR count). The van der Waals surface area contributed by atoms with E-state index in [2.05, 4.69) is 95.0 Å². The minimum absolute atomic E-state index is 0.243. The van der Waals surface area contributed by atoms with Crippen LogP contribution in [0.4, 0.5) is 0 Å². The van der Waals surface area contributed by atoms with Crippen LogP contribution < -0.4 is 18.9 Å². The zero-order valence-electron chi connectivity index (χ0n) is 34.7. The lowest BCUT2D eigenvalue weighted by Gasteiger charge is -2.25. The van der Waals surface area contributed by atoms with Gasteiger partial charge in [-0.25, -0.2) is 0 Å². The number of hydrogen-bond acceptors (Lipinski definition) is 6. The van der Waals surface area contributed by atoms with Gasteiger partial charge in [-0.05, 0) is 103 Å². The van der Waals surface area contributed by atoms with E-state index < -0.39 is 0 Å². The van der Waals surface area contributed by atoms with Crippen LogP contribution >= 0.6 is 0 Å². The normalized spacial score (nSPS) is 12.5. The molecule has 55 heavy (non-hydrogen) atoms. The van der Waals surface area contributed by atoms with Gasteiger partial charge in [0.05, 0.1) is 26.4 Å². The van der Waals surface area contributed by atoms with Crippen LogP contribution in [0.15, 0.2) is 60.7 Å². The minimum atomic E-state index is 0.243. The second kappa shape index (κ2) is 21.8. The van der Waals surface area contributed by atoms with E-state index in [1.54, 1.807) is 0 Å². The number of ether oxygens (including phenoxy) is 4. The third-order valence-electron chi connectivity index (χ3n) is 10.3. The molecule has 6 nitrogen and oxygen atoms in total. The highest BCUT2D eigenvalue weighted by atomic mass is 16.5. The molecule has 1 aliphatic rings. The molecule has 6 heteroatoms. The monoisotopic (exact) mass is 750 g/mol. The number of hydrogen-bond donors (Lipinski definition) is 1. The number of phenolic OH excluding ortho intramolecular Hbond substituents is 1. The van der Waals surface area contributed by atoms with Gasteiger partial charge in [0.25, 0.3) is 0 Å². The molecule has 0 saturated carbocycles. The van der Waals surface area contributed by atoms with E-state index in [9.17, 15) is 5.11 Å². The van der Waals surface area contributed by atoms with E-state index in [0.29, 0.717) is 52.1 Å². The highest BCUT2D eigenvalue weighted by Gasteiger charge is 2.23. The van der Waals surface area contributed by atoms with Crippen LogP contribution in [0.5, 0.6) is 28.7 Å². The predicted molar refractivity (Wildman–Crippen MR) is 227 cm³/mol. The number of rotatable bonds is 20. The Morgan fingerprint density at radius 3 is 1.15 bits per heavy atom. The second-order valence-electron chi connectivity index (χ2n) is 15.2. The van der Waals surface area contributed by atoms with E-state index in [1.807, 2.05) is 12.1 Å². The Morgan fingerprint density at radius 1 is 0.455 bits per heavy atom. The van der Waals surface area contributed by atoms with E-state index in [-0.39, 0.29) is 5.75 Å².